The molecule has 1 atom stereocenters. The zero-order chi connectivity index (χ0) is 11.2. The summed E-state index contributed by atoms with van der Waals surface area (Å²) < 4.78 is 5.20. The highest BCUT2D eigenvalue weighted by Crippen LogP contribution is 2.16. The van der Waals surface area contributed by atoms with Crippen LogP contribution in [0.5, 0.6) is 0 Å². The molecule has 1 aliphatic rings. The lowest BCUT2D eigenvalue weighted by Crippen LogP contribution is -2.24. The van der Waals surface area contributed by atoms with E-state index in [4.69, 9.17) is 4.74 Å². The molecule has 2 rings (SSSR count). The number of rotatable bonds is 5. The molecule has 16 heavy (non-hydrogen) atoms. The Morgan fingerprint density at radius 3 is 3.19 bits per heavy atom. The molecule has 0 radical (unpaired) electrons. The standard InChI is InChI=1S/C13H20N2O/c1-16-11-12-5-8-15(10-12)9-6-13-4-2-3-7-14-13/h2-4,7,12H,5-6,8-11H2,1H3. The molecule has 0 amide bonds. The van der Waals surface area contributed by atoms with E-state index in [1.807, 2.05) is 12.3 Å². The number of nitrogens with zero attached hydrogens (tertiary/aromatic N) is 2. The van der Waals surface area contributed by atoms with Gasteiger partial charge < -0.3 is 9.64 Å². The molecule has 1 aromatic heterocycles. The maximum Gasteiger partial charge on any atom is 0.0503 e. The van der Waals surface area contributed by atoms with Gasteiger partial charge in [0.1, 0.15) is 0 Å². The molecule has 1 saturated heterocycles. The number of hydrogen-bond acceptors (Lipinski definition) is 3. The van der Waals surface area contributed by atoms with Gasteiger partial charge in [-0.15, -0.1) is 0 Å². The maximum absolute atomic E-state index is 5.20. The number of ether oxygens (including phenoxy) is 1. The molecule has 1 fully saturated rings. The summed E-state index contributed by atoms with van der Waals surface area (Å²) in [6.07, 6.45) is 4.20. The monoisotopic (exact) mass is 220 g/mol. The molecule has 0 spiro atoms. The lowest BCUT2D eigenvalue weighted by molar-refractivity contribution is 0.153. The first-order valence-electron chi connectivity index (χ1n) is 5.99. The van der Waals surface area contributed by atoms with E-state index in [0.29, 0.717) is 0 Å². The van der Waals surface area contributed by atoms with Gasteiger partial charge in [0.05, 0.1) is 6.61 Å². The lowest BCUT2D eigenvalue weighted by Gasteiger charge is -2.15. The molecule has 0 N–H and O–H groups in total. The number of aromatic nitrogens is 1. The second-order valence-electron chi connectivity index (χ2n) is 4.48. The predicted molar refractivity (Wildman–Crippen MR) is 64.4 cm³/mol. The van der Waals surface area contributed by atoms with Gasteiger partial charge in [-0.3, -0.25) is 4.98 Å². The third kappa shape index (κ3) is 3.29. The summed E-state index contributed by atoms with van der Waals surface area (Å²) in [7, 11) is 1.79. The molecule has 2 heterocycles. The largest absolute Gasteiger partial charge is 0.384 e. The Balaban J connectivity index is 1.72. The molecular formula is C13H20N2O. The van der Waals surface area contributed by atoms with Crippen LogP contribution in [0.4, 0.5) is 0 Å². The van der Waals surface area contributed by atoms with E-state index in [9.17, 15) is 0 Å². The van der Waals surface area contributed by atoms with Crippen LogP contribution in [0.15, 0.2) is 24.4 Å². The molecule has 0 aliphatic carbocycles. The van der Waals surface area contributed by atoms with Crippen molar-refractivity contribution in [2.45, 2.75) is 12.8 Å². The molecule has 1 aromatic rings. The van der Waals surface area contributed by atoms with Crippen LogP contribution in [-0.2, 0) is 11.2 Å². The molecule has 88 valence electrons. The van der Waals surface area contributed by atoms with E-state index >= 15 is 0 Å². The summed E-state index contributed by atoms with van der Waals surface area (Å²) in [6, 6.07) is 6.12. The average molecular weight is 220 g/mol. The minimum absolute atomic E-state index is 0.730. The van der Waals surface area contributed by atoms with Gasteiger partial charge in [-0.25, -0.2) is 0 Å². The summed E-state index contributed by atoms with van der Waals surface area (Å²) in [4.78, 5) is 6.86. The van der Waals surface area contributed by atoms with Gasteiger partial charge in [0, 0.05) is 38.5 Å². The first-order chi connectivity index (χ1) is 7.88. The molecule has 1 unspecified atom stereocenters. The van der Waals surface area contributed by atoms with Gasteiger partial charge in [0.25, 0.3) is 0 Å². The van der Waals surface area contributed by atoms with Gasteiger partial charge in [0.15, 0.2) is 0 Å². The third-order valence-corrected chi connectivity index (χ3v) is 3.18. The van der Waals surface area contributed by atoms with E-state index < -0.39 is 0 Å². The normalized spacial score (nSPS) is 21.4. The predicted octanol–water partition coefficient (Wildman–Crippen LogP) is 1.59. The number of pyridine rings is 1. The summed E-state index contributed by atoms with van der Waals surface area (Å²) in [5, 5.41) is 0. The van der Waals surface area contributed by atoms with Crippen molar-refractivity contribution in [1.82, 2.24) is 9.88 Å². The number of methoxy groups -OCH3 is 1. The Bertz CT molecular complexity index is 302. The van der Waals surface area contributed by atoms with Crippen LogP contribution in [0, 0.1) is 5.92 Å². The van der Waals surface area contributed by atoms with Crippen molar-refractivity contribution in [3.8, 4) is 0 Å². The highest BCUT2D eigenvalue weighted by atomic mass is 16.5. The smallest absolute Gasteiger partial charge is 0.0503 e. The highest BCUT2D eigenvalue weighted by molar-refractivity contribution is 5.03. The van der Waals surface area contributed by atoms with E-state index in [0.717, 1.165) is 25.5 Å². The van der Waals surface area contributed by atoms with Crippen LogP contribution in [0.3, 0.4) is 0 Å². The molecule has 1 aliphatic heterocycles. The fourth-order valence-electron chi connectivity index (χ4n) is 2.31. The summed E-state index contributed by atoms with van der Waals surface area (Å²) in [5.74, 6) is 0.730. The van der Waals surface area contributed by atoms with Crippen LogP contribution in [0.2, 0.25) is 0 Å². The summed E-state index contributed by atoms with van der Waals surface area (Å²) in [5.41, 5.74) is 1.19. The Morgan fingerprint density at radius 2 is 2.44 bits per heavy atom. The Morgan fingerprint density at radius 1 is 1.50 bits per heavy atom. The summed E-state index contributed by atoms with van der Waals surface area (Å²) in [6.45, 7) is 4.42. The summed E-state index contributed by atoms with van der Waals surface area (Å²) >= 11 is 0. The van der Waals surface area contributed by atoms with Crippen molar-refractivity contribution in [3.63, 3.8) is 0 Å². The SMILES string of the molecule is COCC1CCN(CCc2ccccn2)C1. The van der Waals surface area contributed by atoms with Crippen molar-refractivity contribution in [3.05, 3.63) is 30.1 Å². The van der Waals surface area contributed by atoms with Crippen molar-refractivity contribution in [1.29, 1.82) is 0 Å². The average Bonchev–Trinajstić information content (AvgIpc) is 2.76. The van der Waals surface area contributed by atoms with Crippen LogP contribution in [-0.4, -0.2) is 43.2 Å². The molecule has 0 aromatic carbocycles. The van der Waals surface area contributed by atoms with Gasteiger partial charge in [0.2, 0.25) is 0 Å². The van der Waals surface area contributed by atoms with Crippen molar-refractivity contribution < 1.29 is 4.74 Å². The van der Waals surface area contributed by atoms with Crippen LogP contribution >= 0.6 is 0 Å². The fraction of sp³-hybridized carbons (Fsp3) is 0.615. The van der Waals surface area contributed by atoms with Crippen LogP contribution in [0.25, 0.3) is 0 Å². The van der Waals surface area contributed by atoms with Gasteiger partial charge in [-0.05, 0) is 31.0 Å². The highest BCUT2D eigenvalue weighted by Gasteiger charge is 2.21. The fourth-order valence-corrected chi connectivity index (χ4v) is 2.31. The second-order valence-corrected chi connectivity index (χ2v) is 4.48. The third-order valence-electron chi connectivity index (χ3n) is 3.18. The molecule has 3 nitrogen and oxygen atoms in total. The quantitative estimate of drug-likeness (QED) is 0.753. The van der Waals surface area contributed by atoms with E-state index in [2.05, 4.69) is 22.0 Å². The van der Waals surface area contributed by atoms with Gasteiger partial charge in [-0.2, -0.15) is 0 Å². The van der Waals surface area contributed by atoms with Gasteiger partial charge >= 0.3 is 0 Å². The minimum atomic E-state index is 0.730. The van der Waals surface area contributed by atoms with Crippen molar-refractivity contribution in [2.24, 2.45) is 5.92 Å². The molecule has 3 heteroatoms. The topological polar surface area (TPSA) is 25.4 Å². The lowest BCUT2D eigenvalue weighted by atomic mass is 10.1. The first kappa shape index (κ1) is 11.6. The zero-order valence-electron chi connectivity index (χ0n) is 9.93. The first-order valence-corrected chi connectivity index (χ1v) is 5.99. The Hall–Kier alpha value is -0.930. The molecule has 0 bridgehead atoms. The maximum atomic E-state index is 5.20. The van der Waals surface area contributed by atoms with Crippen molar-refractivity contribution >= 4 is 0 Å². The van der Waals surface area contributed by atoms with E-state index in [1.165, 1.54) is 25.2 Å². The Labute approximate surface area is 97.4 Å². The van der Waals surface area contributed by atoms with Crippen LogP contribution in [0.1, 0.15) is 12.1 Å². The van der Waals surface area contributed by atoms with Crippen molar-refractivity contribution in [2.75, 3.05) is 33.4 Å². The molecule has 0 saturated carbocycles. The minimum Gasteiger partial charge on any atom is -0.384 e. The van der Waals surface area contributed by atoms with E-state index in [-0.39, 0.29) is 0 Å². The zero-order valence-corrected chi connectivity index (χ0v) is 9.93. The number of likely N-dealkylation sites (tertiary alicyclic amines) is 1. The van der Waals surface area contributed by atoms with Gasteiger partial charge in [-0.1, -0.05) is 6.07 Å². The van der Waals surface area contributed by atoms with E-state index in [1.54, 1.807) is 7.11 Å². The number of hydrogen-bond donors (Lipinski definition) is 0. The Kier molecular flexibility index (Phi) is 4.31. The molecular weight excluding hydrogens is 200 g/mol. The second kappa shape index (κ2) is 5.97. The van der Waals surface area contributed by atoms with Crippen LogP contribution < -0.4 is 0 Å².